The van der Waals surface area contributed by atoms with E-state index in [0.717, 1.165) is 4.91 Å². The van der Waals surface area contributed by atoms with Crippen LogP contribution in [0.15, 0.2) is 34.8 Å². The first kappa shape index (κ1) is 13.6. The first-order valence-corrected chi connectivity index (χ1v) is 5.57. The van der Waals surface area contributed by atoms with Gasteiger partial charge in [-0.05, 0) is 34.8 Å². The van der Waals surface area contributed by atoms with Gasteiger partial charge in [0.15, 0.2) is 0 Å². The summed E-state index contributed by atoms with van der Waals surface area (Å²) < 4.78 is 0. The predicted octanol–water partition coefficient (Wildman–Crippen LogP) is 4.61. The molecule has 0 aromatic heterocycles. The maximum absolute atomic E-state index is 4.25. The molecule has 0 amide bonds. The van der Waals surface area contributed by atoms with E-state index in [9.17, 15) is 0 Å². The summed E-state index contributed by atoms with van der Waals surface area (Å²) >= 11 is 4.25. The van der Waals surface area contributed by atoms with E-state index in [1.165, 1.54) is 11.1 Å². The molecule has 0 rings (SSSR count). The largest absolute Gasteiger partial charge is 0.148 e. The van der Waals surface area contributed by atoms with Crippen molar-refractivity contribution in [2.45, 2.75) is 34.6 Å². The molecule has 1 heteroatoms. The minimum Gasteiger partial charge on any atom is -0.148 e. The van der Waals surface area contributed by atoms with Crippen LogP contribution in [0.4, 0.5) is 0 Å². The van der Waals surface area contributed by atoms with Crippen molar-refractivity contribution in [2.75, 3.05) is 0 Å². The summed E-state index contributed by atoms with van der Waals surface area (Å²) in [6.45, 7) is 14.9. The zero-order valence-corrected chi connectivity index (χ0v) is 10.9. The van der Waals surface area contributed by atoms with Gasteiger partial charge in [0.1, 0.15) is 0 Å². The molecule has 0 bridgehead atoms. The number of hydrogen-bond donors (Lipinski definition) is 1. The summed E-state index contributed by atoms with van der Waals surface area (Å²) in [4.78, 5) is 1.03. The zero-order chi connectivity index (χ0) is 11.3. The lowest BCUT2D eigenvalue weighted by Crippen LogP contribution is -2.02. The summed E-state index contributed by atoms with van der Waals surface area (Å²) in [6.07, 6.45) is 4.17. The van der Waals surface area contributed by atoms with Crippen molar-refractivity contribution < 1.29 is 0 Å². The molecule has 0 nitrogen and oxygen atoms in total. The summed E-state index contributed by atoms with van der Waals surface area (Å²) in [6, 6.07) is 0. The fraction of sp³-hybridized carbons (Fsp3) is 0.538. The second-order valence-corrected chi connectivity index (χ2v) is 4.97. The van der Waals surface area contributed by atoms with E-state index < -0.39 is 0 Å². The van der Waals surface area contributed by atoms with Crippen LogP contribution >= 0.6 is 12.6 Å². The van der Waals surface area contributed by atoms with Gasteiger partial charge >= 0.3 is 0 Å². The van der Waals surface area contributed by atoms with Gasteiger partial charge in [-0.2, -0.15) is 0 Å². The Kier molecular flexibility index (Phi) is 5.94. The summed E-state index contributed by atoms with van der Waals surface area (Å²) in [7, 11) is 0. The first-order chi connectivity index (χ1) is 6.36. The Morgan fingerprint density at radius 3 is 1.86 bits per heavy atom. The summed E-state index contributed by atoms with van der Waals surface area (Å²) in [5.74, 6) is 1.03. The lowest BCUT2D eigenvalue weighted by Gasteiger charge is -2.17. The molecule has 0 spiro atoms. The highest BCUT2D eigenvalue weighted by Crippen LogP contribution is 2.24. The van der Waals surface area contributed by atoms with Crippen LogP contribution < -0.4 is 0 Å². The Morgan fingerprint density at radius 1 is 1.07 bits per heavy atom. The molecular weight excluding hydrogens is 188 g/mol. The smallest absolute Gasteiger partial charge is 0.0215 e. The SMILES string of the molecule is C=C(/C(=C\C=C(/C)S)C(C)C)C(C)C. The van der Waals surface area contributed by atoms with Crippen molar-refractivity contribution >= 4 is 12.6 Å². The van der Waals surface area contributed by atoms with Crippen LogP contribution in [-0.4, -0.2) is 0 Å². The molecule has 80 valence electrons. The van der Waals surface area contributed by atoms with E-state index in [2.05, 4.69) is 53.0 Å². The molecule has 0 aliphatic rings. The maximum Gasteiger partial charge on any atom is -0.0215 e. The van der Waals surface area contributed by atoms with Crippen molar-refractivity contribution in [3.8, 4) is 0 Å². The molecule has 0 aromatic rings. The number of hydrogen-bond acceptors (Lipinski definition) is 1. The van der Waals surface area contributed by atoms with Crippen molar-refractivity contribution in [3.63, 3.8) is 0 Å². The molecule has 0 saturated heterocycles. The van der Waals surface area contributed by atoms with E-state index >= 15 is 0 Å². The van der Waals surface area contributed by atoms with Gasteiger partial charge in [-0.3, -0.25) is 0 Å². The molecule has 0 aliphatic heterocycles. The normalized spacial score (nSPS) is 14.0. The maximum atomic E-state index is 4.25. The van der Waals surface area contributed by atoms with Crippen molar-refractivity contribution in [3.05, 3.63) is 34.8 Å². The molecule has 0 radical (unpaired) electrons. The van der Waals surface area contributed by atoms with Crippen LogP contribution in [0.3, 0.4) is 0 Å². The van der Waals surface area contributed by atoms with Gasteiger partial charge < -0.3 is 0 Å². The lowest BCUT2D eigenvalue weighted by atomic mass is 9.89. The second-order valence-electron chi connectivity index (χ2n) is 4.26. The van der Waals surface area contributed by atoms with E-state index in [-0.39, 0.29) is 0 Å². The van der Waals surface area contributed by atoms with Gasteiger partial charge in [0, 0.05) is 0 Å². The molecule has 0 aliphatic carbocycles. The van der Waals surface area contributed by atoms with Gasteiger partial charge in [-0.25, -0.2) is 0 Å². The van der Waals surface area contributed by atoms with Crippen molar-refractivity contribution in [1.82, 2.24) is 0 Å². The molecule has 0 unspecified atom stereocenters. The predicted molar refractivity (Wildman–Crippen MR) is 69.6 cm³/mol. The minimum absolute atomic E-state index is 0.511. The number of rotatable bonds is 4. The van der Waals surface area contributed by atoms with E-state index in [1.54, 1.807) is 0 Å². The highest BCUT2D eigenvalue weighted by molar-refractivity contribution is 7.84. The monoisotopic (exact) mass is 210 g/mol. The molecule has 0 atom stereocenters. The van der Waals surface area contributed by atoms with Crippen LogP contribution in [-0.2, 0) is 0 Å². The first-order valence-electron chi connectivity index (χ1n) is 5.12. The van der Waals surface area contributed by atoms with Crippen LogP contribution in [0.5, 0.6) is 0 Å². The fourth-order valence-corrected chi connectivity index (χ4v) is 1.29. The Labute approximate surface area is 94.2 Å². The van der Waals surface area contributed by atoms with Crippen LogP contribution in [0.1, 0.15) is 34.6 Å². The van der Waals surface area contributed by atoms with Gasteiger partial charge in [0.25, 0.3) is 0 Å². The average molecular weight is 210 g/mol. The Hall–Kier alpha value is -0.430. The van der Waals surface area contributed by atoms with Gasteiger partial charge in [-0.1, -0.05) is 46.4 Å². The van der Waals surface area contributed by atoms with Crippen molar-refractivity contribution in [2.24, 2.45) is 11.8 Å². The number of thiol groups is 1. The Balaban J connectivity index is 4.87. The molecule has 0 aromatic carbocycles. The second kappa shape index (κ2) is 6.13. The molecule has 0 saturated carbocycles. The third-order valence-corrected chi connectivity index (χ3v) is 2.34. The molecular formula is C13H22S. The molecule has 0 fully saturated rings. The molecule has 0 heterocycles. The minimum atomic E-state index is 0.511. The van der Waals surface area contributed by atoms with Gasteiger partial charge in [0.05, 0.1) is 0 Å². The van der Waals surface area contributed by atoms with E-state index in [0.29, 0.717) is 11.8 Å². The topological polar surface area (TPSA) is 0 Å². The van der Waals surface area contributed by atoms with Crippen LogP contribution in [0.2, 0.25) is 0 Å². The molecule has 0 N–H and O–H groups in total. The fourth-order valence-electron chi connectivity index (χ4n) is 1.21. The highest BCUT2D eigenvalue weighted by Gasteiger charge is 2.09. The Bertz CT molecular complexity index is 250. The number of allylic oxidation sites excluding steroid dienone is 5. The average Bonchev–Trinajstić information content (AvgIpc) is 2.02. The van der Waals surface area contributed by atoms with Crippen LogP contribution in [0.25, 0.3) is 0 Å². The van der Waals surface area contributed by atoms with Gasteiger partial charge in [0.2, 0.25) is 0 Å². The zero-order valence-electron chi connectivity index (χ0n) is 9.96. The third-order valence-electron chi connectivity index (χ3n) is 2.19. The molecule has 14 heavy (non-hydrogen) atoms. The highest BCUT2D eigenvalue weighted by atomic mass is 32.1. The van der Waals surface area contributed by atoms with E-state index in [4.69, 9.17) is 0 Å². The standard InChI is InChI=1S/C13H22S/c1-9(2)12(6)13(10(3)4)8-7-11(5)14/h7-10,14H,6H2,1-5H3/b11-7+,13-8-. The lowest BCUT2D eigenvalue weighted by molar-refractivity contribution is 0.704. The van der Waals surface area contributed by atoms with Crippen LogP contribution in [0, 0.1) is 11.8 Å². The summed E-state index contributed by atoms with van der Waals surface area (Å²) in [5, 5.41) is 0. The third kappa shape index (κ3) is 4.71. The quantitative estimate of drug-likeness (QED) is 0.508. The van der Waals surface area contributed by atoms with Gasteiger partial charge in [-0.15, -0.1) is 12.6 Å². The van der Waals surface area contributed by atoms with Crippen molar-refractivity contribution in [1.29, 1.82) is 0 Å². The Morgan fingerprint density at radius 2 is 1.57 bits per heavy atom. The summed E-state index contributed by atoms with van der Waals surface area (Å²) in [5.41, 5.74) is 2.55. The van der Waals surface area contributed by atoms with E-state index in [1.807, 2.05) is 13.0 Å².